The monoisotopic (exact) mass is 334 g/mol. The van der Waals surface area contributed by atoms with E-state index >= 15 is 0 Å². The third-order valence-corrected chi connectivity index (χ3v) is 3.40. The molecule has 0 aliphatic rings. The molecule has 0 saturated carbocycles. The van der Waals surface area contributed by atoms with Gasteiger partial charge in [0.1, 0.15) is 17.5 Å². The number of anilines is 3. The maximum absolute atomic E-state index is 12.4. The highest BCUT2D eigenvalue weighted by molar-refractivity contribution is 6.04. The zero-order chi connectivity index (χ0) is 17.6. The van der Waals surface area contributed by atoms with Gasteiger partial charge >= 0.3 is 0 Å². The highest BCUT2D eigenvalue weighted by Crippen LogP contribution is 2.14. The Morgan fingerprint density at radius 1 is 1.08 bits per heavy atom. The number of carbonyl (C=O) groups is 1. The van der Waals surface area contributed by atoms with E-state index in [1.165, 1.54) is 0 Å². The predicted molar refractivity (Wildman–Crippen MR) is 95.9 cm³/mol. The van der Waals surface area contributed by atoms with E-state index in [-0.39, 0.29) is 5.91 Å². The largest absolute Gasteiger partial charge is 0.322 e. The number of aromatic nitrogens is 4. The maximum atomic E-state index is 12.4. The number of nitrogens with zero attached hydrogens (tertiary/aromatic N) is 4. The Balaban J connectivity index is 1.77. The quantitative estimate of drug-likeness (QED) is 0.744. The van der Waals surface area contributed by atoms with Crippen molar-refractivity contribution < 1.29 is 4.79 Å². The van der Waals surface area contributed by atoms with E-state index < -0.39 is 0 Å². The maximum Gasteiger partial charge on any atom is 0.255 e. The van der Waals surface area contributed by atoms with Gasteiger partial charge in [-0.15, -0.1) is 0 Å². The second-order valence-electron chi connectivity index (χ2n) is 5.35. The van der Waals surface area contributed by atoms with E-state index in [2.05, 4.69) is 30.6 Å². The van der Waals surface area contributed by atoms with Crippen molar-refractivity contribution >= 4 is 23.4 Å². The van der Waals surface area contributed by atoms with Gasteiger partial charge in [0, 0.05) is 23.9 Å². The van der Waals surface area contributed by atoms with Gasteiger partial charge in [0.05, 0.1) is 0 Å². The Kier molecular flexibility index (Phi) is 4.94. The summed E-state index contributed by atoms with van der Waals surface area (Å²) in [5, 5.41) is 5.87. The van der Waals surface area contributed by atoms with Crippen molar-refractivity contribution in [3.8, 4) is 0 Å². The molecule has 0 bridgehead atoms. The smallest absolute Gasteiger partial charge is 0.255 e. The summed E-state index contributed by atoms with van der Waals surface area (Å²) in [5.74, 6) is 2.03. The normalized spacial score (nSPS) is 10.3. The van der Waals surface area contributed by atoms with Crippen LogP contribution in [0.15, 0.2) is 48.7 Å². The molecule has 0 spiro atoms. The second-order valence-corrected chi connectivity index (χ2v) is 5.35. The summed E-state index contributed by atoms with van der Waals surface area (Å²) in [6.07, 6.45) is 2.28. The van der Waals surface area contributed by atoms with E-state index in [0.717, 1.165) is 5.69 Å². The number of rotatable bonds is 5. The summed E-state index contributed by atoms with van der Waals surface area (Å²) in [6, 6.07) is 12.6. The van der Waals surface area contributed by atoms with Gasteiger partial charge in [-0.1, -0.05) is 25.1 Å². The number of carbonyl (C=O) groups excluding carboxylic acids is 1. The van der Waals surface area contributed by atoms with E-state index in [1.807, 2.05) is 44.2 Å². The Labute approximate surface area is 145 Å². The van der Waals surface area contributed by atoms with Crippen molar-refractivity contribution in [3.05, 3.63) is 65.9 Å². The van der Waals surface area contributed by atoms with Crippen LogP contribution in [0.4, 0.5) is 17.5 Å². The molecule has 0 aliphatic heterocycles. The second kappa shape index (κ2) is 7.48. The van der Waals surface area contributed by atoms with Crippen LogP contribution in [0.25, 0.3) is 0 Å². The third-order valence-electron chi connectivity index (χ3n) is 3.40. The van der Waals surface area contributed by atoms with E-state index in [0.29, 0.717) is 35.4 Å². The molecule has 7 heteroatoms. The summed E-state index contributed by atoms with van der Waals surface area (Å²) < 4.78 is 0. The molecule has 2 heterocycles. The van der Waals surface area contributed by atoms with E-state index in [9.17, 15) is 4.79 Å². The number of hydrogen-bond acceptors (Lipinski definition) is 6. The minimum atomic E-state index is -0.210. The van der Waals surface area contributed by atoms with Crippen LogP contribution in [0.2, 0.25) is 0 Å². The molecule has 3 rings (SSSR count). The number of pyridine rings is 1. The number of aryl methyl sites for hydroxylation is 2. The Morgan fingerprint density at radius 2 is 1.88 bits per heavy atom. The lowest BCUT2D eigenvalue weighted by Gasteiger charge is -2.08. The Bertz CT molecular complexity index is 882. The summed E-state index contributed by atoms with van der Waals surface area (Å²) in [6.45, 7) is 3.79. The van der Waals surface area contributed by atoms with Gasteiger partial charge in [-0.3, -0.25) is 4.79 Å². The van der Waals surface area contributed by atoms with Crippen molar-refractivity contribution in [2.24, 2.45) is 0 Å². The molecule has 0 aliphatic carbocycles. The summed E-state index contributed by atoms with van der Waals surface area (Å²) in [4.78, 5) is 29.4. The molecule has 2 N–H and O–H groups in total. The molecule has 7 nitrogen and oxygen atoms in total. The fourth-order valence-electron chi connectivity index (χ4n) is 2.23. The van der Waals surface area contributed by atoms with E-state index in [1.54, 1.807) is 18.3 Å². The molecule has 0 unspecified atom stereocenters. The first-order valence-electron chi connectivity index (χ1n) is 7.95. The first-order valence-corrected chi connectivity index (χ1v) is 7.95. The Hall–Kier alpha value is -3.35. The zero-order valence-corrected chi connectivity index (χ0v) is 14.0. The van der Waals surface area contributed by atoms with Crippen molar-refractivity contribution in [1.29, 1.82) is 0 Å². The van der Waals surface area contributed by atoms with Crippen molar-refractivity contribution in [2.45, 2.75) is 20.3 Å². The van der Waals surface area contributed by atoms with Crippen LogP contribution in [0, 0.1) is 6.92 Å². The highest BCUT2D eigenvalue weighted by Gasteiger charge is 2.09. The van der Waals surface area contributed by atoms with Gasteiger partial charge in [-0.25, -0.2) is 9.97 Å². The minimum Gasteiger partial charge on any atom is -0.322 e. The molecule has 126 valence electrons. The van der Waals surface area contributed by atoms with Gasteiger partial charge in [0.2, 0.25) is 5.95 Å². The van der Waals surface area contributed by atoms with Gasteiger partial charge in [-0.2, -0.15) is 9.97 Å². The highest BCUT2D eigenvalue weighted by atomic mass is 16.1. The summed E-state index contributed by atoms with van der Waals surface area (Å²) in [7, 11) is 0. The third kappa shape index (κ3) is 4.35. The van der Waals surface area contributed by atoms with Crippen LogP contribution in [0.1, 0.15) is 28.9 Å². The molecular weight excluding hydrogens is 316 g/mol. The molecule has 25 heavy (non-hydrogen) atoms. The molecule has 1 amide bonds. The first-order chi connectivity index (χ1) is 12.1. The van der Waals surface area contributed by atoms with Crippen LogP contribution in [-0.2, 0) is 6.42 Å². The minimum absolute atomic E-state index is 0.210. The fraction of sp³-hybridized carbons (Fsp3) is 0.167. The number of benzene rings is 1. The van der Waals surface area contributed by atoms with Crippen LogP contribution >= 0.6 is 0 Å². The lowest BCUT2D eigenvalue weighted by atomic mass is 10.2. The summed E-state index contributed by atoms with van der Waals surface area (Å²) >= 11 is 0. The molecular formula is C18H18N6O. The molecule has 1 aromatic carbocycles. The molecule has 0 atom stereocenters. The molecule has 2 aromatic heterocycles. The Morgan fingerprint density at radius 3 is 2.64 bits per heavy atom. The number of amides is 1. The van der Waals surface area contributed by atoms with Crippen LogP contribution in [0.3, 0.4) is 0 Å². The van der Waals surface area contributed by atoms with Crippen LogP contribution in [0.5, 0.6) is 0 Å². The number of hydrogen-bond donors (Lipinski definition) is 2. The topological polar surface area (TPSA) is 92.7 Å². The molecule has 0 saturated heterocycles. The number of para-hydroxylation sites is 1. The van der Waals surface area contributed by atoms with Gasteiger partial charge in [0.25, 0.3) is 5.91 Å². The number of nitrogens with one attached hydrogen (secondary N) is 2. The van der Waals surface area contributed by atoms with Crippen LogP contribution < -0.4 is 10.6 Å². The lowest BCUT2D eigenvalue weighted by Crippen LogP contribution is -2.12. The van der Waals surface area contributed by atoms with E-state index in [4.69, 9.17) is 0 Å². The lowest BCUT2D eigenvalue weighted by molar-refractivity contribution is 0.102. The van der Waals surface area contributed by atoms with Gasteiger partial charge in [0.15, 0.2) is 0 Å². The van der Waals surface area contributed by atoms with Gasteiger partial charge < -0.3 is 10.6 Å². The molecule has 0 fully saturated rings. The standard InChI is InChI=1S/C18H18N6O/c1-3-15-20-12(2)21-18(23-15)24-16-11-13(9-10-19-16)17(25)22-14-7-5-4-6-8-14/h4-11H,3H2,1-2H3,(H,22,25)(H,19,20,21,23,24). The average Bonchev–Trinajstić information content (AvgIpc) is 2.62. The SMILES string of the molecule is CCc1nc(C)nc(Nc2cc(C(=O)Nc3ccccc3)ccn2)n1. The first kappa shape index (κ1) is 16.5. The fourth-order valence-corrected chi connectivity index (χ4v) is 2.23. The average molecular weight is 334 g/mol. The van der Waals surface area contributed by atoms with Crippen molar-refractivity contribution in [2.75, 3.05) is 10.6 Å². The predicted octanol–water partition coefficient (Wildman–Crippen LogP) is 3.13. The van der Waals surface area contributed by atoms with Crippen molar-refractivity contribution in [3.63, 3.8) is 0 Å². The molecule has 3 aromatic rings. The zero-order valence-electron chi connectivity index (χ0n) is 14.0. The van der Waals surface area contributed by atoms with Gasteiger partial charge in [-0.05, 0) is 31.2 Å². The van der Waals surface area contributed by atoms with Crippen LogP contribution in [-0.4, -0.2) is 25.8 Å². The van der Waals surface area contributed by atoms with Crippen molar-refractivity contribution in [1.82, 2.24) is 19.9 Å². The molecule has 0 radical (unpaired) electrons. The summed E-state index contributed by atoms with van der Waals surface area (Å²) in [5.41, 5.74) is 1.22.